The maximum atomic E-state index is 13.6. The Morgan fingerprint density at radius 3 is 2.18 bits per heavy atom. The maximum absolute atomic E-state index is 13.6. The highest BCUT2D eigenvalue weighted by atomic mass is 32.2. The molecule has 1 aliphatic heterocycles. The van der Waals surface area contributed by atoms with Crippen molar-refractivity contribution in [2.75, 3.05) is 36.0 Å². The standard InChI is InChI=1S/C27H27N3O2S/c1-20-12-13-25(21(2)18-20)29-14-16-30(17-15-29)27-23-10-6-7-11-24(23)28-19-26(27)33(31,32)22-8-4-3-5-9-22/h3-13,18-19H,14-17H2,1-2H3/p+1. The van der Waals surface area contributed by atoms with Crippen LogP contribution in [0.15, 0.2) is 88.8 Å². The first-order chi connectivity index (χ1) is 15.9. The number of para-hydroxylation sites is 1. The van der Waals surface area contributed by atoms with E-state index in [0.29, 0.717) is 9.79 Å². The number of nitrogens with zero attached hydrogens (tertiary/aromatic N) is 2. The van der Waals surface area contributed by atoms with Crippen molar-refractivity contribution in [2.24, 2.45) is 0 Å². The first-order valence-corrected chi connectivity index (χ1v) is 12.7. The molecule has 0 unspecified atom stereocenters. The second-order valence-electron chi connectivity index (χ2n) is 8.63. The largest absolute Gasteiger partial charge is 0.368 e. The van der Waals surface area contributed by atoms with Gasteiger partial charge in [0.15, 0.2) is 11.1 Å². The van der Waals surface area contributed by atoms with Gasteiger partial charge in [0.25, 0.3) is 0 Å². The highest BCUT2D eigenvalue weighted by Gasteiger charge is 2.31. The highest BCUT2D eigenvalue weighted by molar-refractivity contribution is 7.91. The van der Waals surface area contributed by atoms with Crippen LogP contribution in [-0.2, 0) is 9.84 Å². The molecule has 6 heteroatoms. The Morgan fingerprint density at radius 1 is 0.788 bits per heavy atom. The summed E-state index contributed by atoms with van der Waals surface area (Å²) in [4.78, 5) is 8.47. The quantitative estimate of drug-likeness (QED) is 0.454. The van der Waals surface area contributed by atoms with Gasteiger partial charge in [0, 0.05) is 37.9 Å². The predicted octanol–water partition coefficient (Wildman–Crippen LogP) is 4.43. The number of H-pyrrole nitrogens is 1. The number of aryl methyl sites for hydroxylation is 2. The fourth-order valence-corrected chi connectivity index (χ4v) is 6.23. The third-order valence-electron chi connectivity index (χ3n) is 6.41. The van der Waals surface area contributed by atoms with Gasteiger partial charge in [0.05, 0.1) is 16.0 Å². The molecule has 1 aromatic heterocycles. The molecule has 4 aromatic rings. The molecule has 1 fully saturated rings. The molecule has 2 heterocycles. The fraction of sp³-hybridized carbons (Fsp3) is 0.222. The van der Waals surface area contributed by atoms with Crippen LogP contribution in [0, 0.1) is 13.8 Å². The second-order valence-corrected chi connectivity index (χ2v) is 10.5. The van der Waals surface area contributed by atoms with Crippen LogP contribution in [0.4, 0.5) is 11.4 Å². The van der Waals surface area contributed by atoms with Gasteiger partial charge in [-0.3, -0.25) is 0 Å². The number of nitrogens with one attached hydrogen (secondary N) is 1. The molecule has 0 amide bonds. The van der Waals surface area contributed by atoms with Crippen molar-refractivity contribution < 1.29 is 13.4 Å². The van der Waals surface area contributed by atoms with E-state index >= 15 is 0 Å². The number of pyridine rings is 1. The Hall–Kier alpha value is -3.38. The van der Waals surface area contributed by atoms with Crippen molar-refractivity contribution in [3.8, 4) is 0 Å². The number of hydrogen-bond acceptors (Lipinski definition) is 4. The normalized spacial score (nSPS) is 14.6. The minimum absolute atomic E-state index is 0.309. The minimum Gasteiger partial charge on any atom is -0.368 e. The number of fused-ring (bicyclic) bond motifs is 1. The first-order valence-electron chi connectivity index (χ1n) is 11.3. The summed E-state index contributed by atoms with van der Waals surface area (Å²) in [5.74, 6) is 0. The number of hydrogen-bond donors (Lipinski definition) is 0. The lowest BCUT2D eigenvalue weighted by molar-refractivity contribution is -0.347. The molecule has 0 bridgehead atoms. The van der Waals surface area contributed by atoms with E-state index in [2.05, 4.69) is 46.8 Å². The molecule has 0 radical (unpaired) electrons. The van der Waals surface area contributed by atoms with E-state index in [1.54, 1.807) is 30.5 Å². The lowest BCUT2D eigenvalue weighted by atomic mass is 10.1. The average molecular weight is 459 g/mol. The molecule has 0 saturated carbocycles. The summed E-state index contributed by atoms with van der Waals surface area (Å²) >= 11 is 0. The smallest absolute Gasteiger partial charge is 0.214 e. The van der Waals surface area contributed by atoms with Crippen molar-refractivity contribution in [2.45, 2.75) is 23.6 Å². The monoisotopic (exact) mass is 458 g/mol. The van der Waals surface area contributed by atoms with Crippen LogP contribution in [0.5, 0.6) is 0 Å². The zero-order chi connectivity index (χ0) is 23.0. The molecule has 5 nitrogen and oxygen atoms in total. The molecule has 1 N–H and O–H groups in total. The van der Waals surface area contributed by atoms with Gasteiger partial charge in [0.1, 0.15) is 0 Å². The van der Waals surface area contributed by atoms with Crippen LogP contribution in [-0.4, -0.2) is 34.6 Å². The molecule has 1 aliphatic rings. The Bertz CT molecular complexity index is 1410. The molecular weight excluding hydrogens is 430 g/mol. The van der Waals surface area contributed by atoms with Gasteiger partial charge in [-0.05, 0) is 43.7 Å². The zero-order valence-corrected chi connectivity index (χ0v) is 19.8. The zero-order valence-electron chi connectivity index (χ0n) is 19.0. The van der Waals surface area contributed by atoms with Gasteiger partial charge in [-0.2, -0.15) is 0 Å². The summed E-state index contributed by atoms with van der Waals surface area (Å²) in [5, 5.41) is 0.925. The van der Waals surface area contributed by atoms with Gasteiger partial charge in [-0.1, -0.05) is 48.0 Å². The Balaban J connectivity index is 1.55. The van der Waals surface area contributed by atoms with Crippen LogP contribution in [0.1, 0.15) is 11.1 Å². The molecule has 1 saturated heterocycles. The number of aromatic nitrogens is 1. The average Bonchev–Trinajstić information content (AvgIpc) is 2.84. The van der Waals surface area contributed by atoms with Gasteiger partial charge in [0.2, 0.25) is 15.4 Å². The van der Waals surface area contributed by atoms with E-state index < -0.39 is 9.84 Å². The van der Waals surface area contributed by atoms with Crippen LogP contribution in [0.2, 0.25) is 0 Å². The van der Waals surface area contributed by atoms with E-state index in [1.165, 1.54) is 16.8 Å². The Kier molecular flexibility index (Phi) is 5.54. The van der Waals surface area contributed by atoms with E-state index in [0.717, 1.165) is 42.8 Å². The minimum atomic E-state index is -3.67. The van der Waals surface area contributed by atoms with Crippen molar-refractivity contribution in [1.29, 1.82) is 0 Å². The van der Waals surface area contributed by atoms with Crippen LogP contribution in [0.25, 0.3) is 10.9 Å². The first kappa shape index (κ1) is 21.5. The summed E-state index contributed by atoms with van der Waals surface area (Å²) in [6, 6.07) is 23.2. The molecule has 3 aromatic carbocycles. The number of piperazine rings is 1. The summed E-state index contributed by atoms with van der Waals surface area (Å²) in [6.07, 6.45) is 1.65. The number of sulfone groups is 1. The van der Waals surface area contributed by atoms with Crippen molar-refractivity contribution in [3.05, 3.63) is 90.1 Å². The van der Waals surface area contributed by atoms with Crippen molar-refractivity contribution in [3.63, 3.8) is 0 Å². The van der Waals surface area contributed by atoms with E-state index in [1.807, 2.05) is 30.3 Å². The molecule has 5 rings (SSSR count). The maximum Gasteiger partial charge on any atom is 0.214 e. The Labute approximate surface area is 195 Å². The van der Waals surface area contributed by atoms with E-state index in [4.69, 9.17) is 0 Å². The molecule has 0 spiro atoms. The fourth-order valence-electron chi connectivity index (χ4n) is 4.75. The number of anilines is 2. The van der Waals surface area contributed by atoms with Crippen LogP contribution in [0.3, 0.4) is 0 Å². The summed E-state index contributed by atoms with van der Waals surface area (Å²) < 4.78 is 27.3. The van der Waals surface area contributed by atoms with Crippen LogP contribution < -0.4 is 14.8 Å². The van der Waals surface area contributed by atoms with Crippen LogP contribution >= 0.6 is 0 Å². The molecule has 168 valence electrons. The SMILES string of the molecule is Cc1ccc(N2CCN(c3c(S(=O)(=O)c4ccccc4)c[nH+]c4ccccc34)CC2)c(C)c1. The van der Waals surface area contributed by atoms with Gasteiger partial charge < -0.3 is 9.80 Å². The lowest BCUT2D eigenvalue weighted by Crippen LogP contribution is -2.47. The van der Waals surface area contributed by atoms with Gasteiger partial charge in [-0.15, -0.1) is 0 Å². The summed E-state index contributed by atoms with van der Waals surface area (Å²) in [7, 11) is -3.67. The summed E-state index contributed by atoms with van der Waals surface area (Å²) in [5.41, 5.74) is 5.50. The molecule has 33 heavy (non-hydrogen) atoms. The lowest BCUT2D eigenvalue weighted by Gasteiger charge is -2.38. The predicted molar refractivity (Wildman–Crippen MR) is 133 cm³/mol. The molecule has 0 atom stereocenters. The van der Waals surface area contributed by atoms with E-state index in [-0.39, 0.29) is 0 Å². The number of benzene rings is 3. The second kappa shape index (κ2) is 8.52. The van der Waals surface area contributed by atoms with Crippen molar-refractivity contribution >= 4 is 32.1 Å². The highest BCUT2D eigenvalue weighted by Crippen LogP contribution is 2.35. The third-order valence-corrected chi connectivity index (χ3v) is 8.19. The third kappa shape index (κ3) is 3.95. The Morgan fingerprint density at radius 2 is 1.45 bits per heavy atom. The van der Waals surface area contributed by atoms with Gasteiger partial charge >= 0.3 is 0 Å². The van der Waals surface area contributed by atoms with E-state index in [9.17, 15) is 8.42 Å². The molecule has 0 aliphatic carbocycles. The van der Waals surface area contributed by atoms with Crippen molar-refractivity contribution in [1.82, 2.24) is 0 Å². The summed E-state index contributed by atoms with van der Waals surface area (Å²) in [6.45, 7) is 7.43. The number of rotatable bonds is 4. The van der Waals surface area contributed by atoms with Gasteiger partial charge in [-0.25, -0.2) is 13.4 Å². The number of aromatic amines is 1. The topological polar surface area (TPSA) is 54.8 Å². The molecular formula is C27H28N3O2S+.